The van der Waals surface area contributed by atoms with Crippen LogP contribution in [0, 0.1) is 10.1 Å². The molecule has 0 saturated carbocycles. The predicted molar refractivity (Wildman–Crippen MR) is 401 cm³/mol. The zero-order chi connectivity index (χ0) is 69.7. The van der Waals surface area contributed by atoms with E-state index in [-0.39, 0.29) is 55.2 Å². The molecule has 0 atom stereocenters. The molecule has 0 aromatic heterocycles. The van der Waals surface area contributed by atoms with Gasteiger partial charge in [-0.3, -0.25) is 10.1 Å². The number of aliphatic hydroxyl groups is 2. The molecule has 0 heterocycles. The molecule has 99 heavy (non-hydrogen) atoms. The van der Waals surface area contributed by atoms with E-state index in [9.17, 15) is 14.9 Å². The fraction of sp³-hybridized carbons (Fsp3) is 0.257. The number of rotatable bonds is 32. The lowest BCUT2D eigenvalue weighted by Crippen LogP contribution is -3.08. The van der Waals surface area contributed by atoms with Crippen molar-refractivity contribution in [3.8, 4) is 34.5 Å². The molecule has 25 heteroatoms. The van der Waals surface area contributed by atoms with Crippen molar-refractivity contribution in [2.45, 2.75) is 19.8 Å². The maximum Gasteiger partial charge on any atom is 0.519 e. The molecule has 0 spiro atoms. The van der Waals surface area contributed by atoms with Gasteiger partial charge in [0.25, 0.3) is 5.69 Å². The van der Waals surface area contributed by atoms with E-state index in [1.165, 1.54) is 29.8 Å². The topological polar surface area (TPSA) is 209 Å². The number of quaternary nitrogens is 2. The first-order valence-electron chi connectivity index (χ1n) is 31.1. The quantitative estimate of drug-likeness (QED) is 0.00874. The number of nitro benzene ring substituents is 1. The summed E-state index contributed by atoms with van der Waals surface area (Å²) in [5, 5.41) is 37.8. The van der Waals surface area contributed by atoms with Crippen molar-refractivity contribution in [3.05, 3.63) is 263 Å². The van der Waals surface area contributed by atoms with Crippen molar-refractivity contribution in [2.75, 3.05) is 116 Å². The Morgan fingerprint density at radius 2 is 0.727 bits per heavy atom. The summed E-state index contributed by atoms with van der Waals surface area (Å²) in [5.74, 6) is 6.60. The third kappa shape index (κ3) is 34.4. The summed E-state index contributed by atoms with van der Waals surface area (Å²) in [5.41, 5.74) is 12.3. The summed E-state index contributed by atoms with van der Waals surface area (Å²) < 4.78 is 27.2. The third-order valence-electron chi connectivity index (χ3n) is 13.9. The number of carbonyl (C=O) groups is 1. The Labute approximate surface area is 622 Å². The van der Waals surface area contributed by atoms with E-state index in [0.29, 0.717) is 73.9 Å². The SMILES string of the molecule is Cl.ClCCN(CCCl)c1ccc(OCc2ccccc2)cc1.O=C(Oc1ccc([N+](=O)[O-])cc1)Oc1ccc([NH+](CCCl)CCCl)cc1.OCCN(CCO)c1ccc(OCc2ccccc2)cc1.Oc1ccc(N(CCCl)CCCl)cc1.[Cl-].[NH3+]c1ccc(OCc2ccccc2)cc1. The van der Waals surface area contributed by atoms with Crippen molar-refractivity contribution < 1.29 is 71.8 Å². The molecular weight excluding hydrogens is 1430 g/mol. The summed E-state index contributed by atoms with van der Waals surface area (Å²) >= 11 is 34.6. The minimum Gasteiger partial charge on any atom is -1.00 e. The molecule has 7 N–H and O–H groups in total. The van der Waals surface area contributed by atoms with Crippen molar-refractivity contribution in [1.29, 1.82) is 0 Å². The van der Waals surface area contributed by atoms with Crippen LogP contribution < -0.4 is 61.4 Å². The van der Waals surface area contributed by atoms with E-state index in [2.05, 4.69) is 39.8 Å². The normalized spacial score (nSPS) is 10.1. The maximum atomic E-state index is 11.8. The average Bonchev–Trinajstić information content (AvgIpc) is 0.951. The van der Waals surface area contributed by atoms with Gasteiger partial charge >= 0.3 is 6.16 Å². The number of halogens is 8. The van der Waals surface area contributed by atoms with Crippen molar-refractivity contribution in [2.24, 2.45) is 0 Å². The molecule has 9 rings (SSSR count). The lowest BCUT2D eigenvalue weighted by Gasteiger charge is -2.23. The van der Waals surface area contributed by atoms with Crippen LogP contribution in [-0.4, -0.2) is 127 Å². The van der Waals surface area contributed by atoms with Gasteiger partial charge in [0.2, 0.25) is 0 Å². The van der Waals surface area contributed by atoms with Crippen LogP contribution >= 0.6 is 82.0 Å². The van der Waals surface area contributed by atoms with Crippen molar-refractivity contribution >= 4 is 122 Å². The molecule has 0 radical (unpaired) electrons. The van der Waals surface area contributed by atoms with Crippen molar-refractivity contribution in [1.82, 2.24) is 0 Å². The molecule has 17 nitrogen and oxygen atoms in total. The van der Waals surface area contributed by atoms with Gasteiger partial charge in [-0.15, -0.1) is 82.0 Å². The van der Waals surface area contributed by atoms with Crippen molar-refractivity contribution in [3.63, 3.8) is 0 Å². The number of benzene rings is 9. The van der Waals surface area contributed by atoms with Gasteiger partial charge in [-0.2, -0.15) is 0 Å². The first-order valence-corrected chi connectivity index (χ1v) is 34.4. The largest absolute Gasteiger partial charge is 1.00 e. The molecular formula is C74H85Cl8N6O11+. The van der Waals surface area contributed by atoms with Gasteiger partial charge in [-0.05, 0) is 126 Å². The van der Waals surface area contributed by atoms with Crippen LogP contribution in [0.1, 0.15) is 16.7 Å². The summed E-state index contributed by atoms with van der Waals surface area (Å²) in [7, 11) is 0. The maximum absolute atomic E-state index is 11.8. The number of alkyl halides is 6. The van der Waals surface area contributed by atoms with E-state index in [1.807, 2.05) is 169 Å². The molecule has 0 bridgehead atoms. The number of nitrogens with one attached hydrogen (secondary N) is 1. The Hall–Kier alpha value is -7.59. The smallest absolute Gasteiger partial charge is 0.519 e. The minimum atomic E-state index is -0.933. The molecule has 0 aliphatic rings. The highest BCUT2D eigenvalue weighted by atomic mass is 35.5. The molecule has 9 aromatic carbocycles. The fourth-order valence-electron chi connectivity index (χ4n) is 8.99. The van der Waals surface area contributed by atoms with Gasteiger partial charge < -0.3 is 76.7 Å². The van der Waals surface area contributed by atoms with Gasteiger partial charge in [0.05, 0.1) is 43.0 Å². The molecule has 0 saturated heterocycles. The molecule has 0 fully saturated rings. The second-order valence-electron chi connectivity index (χ2n) is 20.8. The third-order valence-corrected chi connectivity index (χ3v) is 15.0. The van der Waals surface area contributed by atoms with Gasteiger partial charge in [0.15, 0.2) is 0 Å². The van der Waals surface area contributed by atoms with Crippen LogP contribution in [0.25, 0.3) is 0 Å². The number of phenolic OH excluding ortho intramolecular Hbond substituents is 1. The van der Waals surface area contributed by atoms with E-state index in [0.717, 1.165) is 101 Å². The number of nitrogens with zero attached hydrogens (tertiary/aromatic N) is 4. The van der Waals surface area contributed by atoms with Gasteiger partial charge in [-0.1, -0.05) is 91.0 Å². The van der Waals surface area contributed by atoms with E-state index in [4.69, 9.17) is 109 Å². The van der Waals surface area contributed by atoms with E-state index < -0.39 is 11.1 Å². The molecule has 0 unspecified atom stereocenters. The molecule has 9 aromatic rings. The number of hydrogen-bond donors (Lipinski definition) is 5. The fourth-order valence-corrected chi connectivity index (χ4v) is 10.3. The number of non-ortho nitro benzene ring substituents is 1. The van der Waals surface area contributed by atoms with Crippen LogP contribution in [-0.2, 0) is 19.8 Å². The Morgan fingerprint density at radius 1 is 0.424 bits per heavy atom. The van der Waals surface area contributed by atoms with Gasteiger partial charge in [0, 0.05) is 116 Å². The summed E-state index contributed by atoms with van der Waals surface area (Å²) in [6, 6.07) is 72.8. The van der Waals surface area contributed by atoms with Crippen LogP contribution in [0.4, 0.5) is 38.9 Å². The Kier molecular flexibility index (Phi) is 44.6. The predicted octanol–water partition coefficient (Wildman–Crippen LogP) is 12.0. The lowest BCUT2D eigenvalue weighted by atomic mass is 10.2. The van der Waals surface area contributed by atoms with Gasteiger partial charge in [0.1, 0.15) is 65.7 Å². The number of phenols is 1. The summed E-state index contributed by atoms with van der Waals surface area (Å²) in [6.45, 7) is 7.43. The number of nitro groups is 1. The average molecular weight is 1520 g/mol. The van der Waals surface area contributed by atoms with Crippen LogP contribution in [0.3, 0.4) is 0 Å². The number of aliphatic hydroxyl groups excluding tert-OH is 2. The molecule has 0 aliphatic carbocycles. The monoisotopic (exact) mass is 1510 g/mol. The Morgan fingerprint density at radius 3 is 1.04 bits per heavy atom. The molecule has 0 amide bonds. The van der Waals surface area contributed by atoms with Crippen LogP contribution in [0.15, 0.2) is 237 Å². The minimum absolute atomic E-state index is 0. The van der Waals surface area contributed by atoms with Crippen LogP contribution in [0.5, 0.6) is 34.5 Å². The number of aromatic hydroxyl groups is 1. The van der Waals surface area contributed by atoms with Crippen LogP contribution in [0.2, 0.25) is 0 Å². The molecule has 532 valence electrons. The Balaban J connectivity index is 0.000000326. The number of hydrogen-bond acceptors (Lipinski definition) is 14. The number of ether oxygens (including phenoxy) is 5. The zero-order valence-electron chi connectivity index (χ0n) is 54.6. The molecule has 0 aliphatic heterocycles. The number of anilines is 3. The summed E-state index contributed by atoms with van der Waals surface area (Å²) in [4.78, 5) is 29.2. The first-order chi connectivity index (χ1) is 47.3. The number of carbonyl (C=O) groups excluding carboxylic acids is 1. The standard InChI is InChI=1S/C17H16Cl2N2O5.C17H19Cl2NO.C17H21NO3.C13H13NO.C10H13Cl2NO.2ClH/c18-9-11-20(12-10-19)13-1-5-15(6-2-13)25-17(22)26-16-7-3-14(4-8-16)21(23)24;18-10-12-20(13-11-19)16-6-8-17(9-7-16)21-14-15-4-2-1-3-5-15;19-12-10-18(11-13-20)16-6-8-17(9-7-16)21-14-15-4-2-1-3-5-15;14-12-6-8-13(9-7-12)15-10-11-4-2-1-3-5-11;11-5-7-13(8-6-12)9-1-3-10(14)4-2-9;;/h1-8H,9-12H2;1-9H,10-14H2;1-9,19-20H,10-14H2;1-9H,10,14H2;1-4,14H,5-8H2;2*1H/p+1. The highest BCUT2D eigenvalue weighted by Gasteiger charge is 2.15. The zero-order valence-corrected chi connectivity index (χ0v) is 60.7. The Bertz CT molecular complexity index is 3400. The van der Waals surface area contributed by atoms with E-state index >= 15 is 0 Å². The lowest BCUT2D eigenvalue weighted by molar-refractivity contribution is -0.827. The highest BCUT2D eigenvalue weighted by molar-refractivity contribution is 6.19. The highest BCUT2D eigenvalue weighted by Crippen LogP contribution is 2.24. The summed E-state index contributed by atoms with van der Waals surface area (Å²) in [6.07, 6.45) is -0.933. The van der Waals surface area contributed by atoms with E-state index in [1.54, 1.807) is 24.3 Å². The first kappa shape index (κ1) is 85.6. The van der Waals surface area contributed by atoms with Gasteiger partial charge in [-0.25, -0.2) is 4.79 Å². The second-order valence-corrected chi connectivity index (χ2v) is 23.1. The second kappa shape index (κ2) is 51.5.